The Morgan fingerprint density at radius 1 is 1.14 bits per heavy atom. The summed E-state index contributed by atoms with van der Waals surface area (Å²) in [5.41, 5.74) is -0.808. The minimum atomic E-state index is -1.59. The Bertz CT molecular complexity index is 1450. The number of carbonyl (C=O) groups excluding carboxylic acids is 3. The Labute approximate surface area is 240 Å². The van der Waals surface area contributed by atoms with Gasteiger partial charge < -0.3 is 40.2 Å². The van der Waals surface area contributed by atoms with Gasteiger partial charge in [-0.2, -0.15) is 4.98 Å². The van der Waals surface area contributed by atoms with E-state index >= 15 is 0 Å². The van der Waals surface area contributed by atoms with E-state index in [-0.39, 0.29) is 23.5 Å². The summed E-state index contributed by atoms with van der Waals surface area (Å²) in [6.07, 6.45) is -5.72. The van der Waals surface area contributed by atoms with Crippen molar-refractivity contribution in [3.8, 4) is 0 Å². The Morgan fingerprint density at radius 3 is 2.49 bits per heavy atom. The summed E-state index contributed by atoms with van der Waals surface area (Å²) < 4.78 is 17.5. The van der Waals surface area contributed by atoms with Crippen LogP contribution in [-0.2, 0) is 33.4 Å². The van der Waals surface area contributed by atoms with Crippen molar-refractivity contribution in [2.24, 2.45) is 5.92 Å². The second-order valence-electron chi connectivity index (χ2n) is 9.50. The van der Waals surface area contributed by atoms with E-state index in [1.54, 1.807) is 13.8 Å². The van der Waals surface area contributed by atoms with E-state index in [0.717, 1.165) is 0 Å². The Hall–Kier alpha value is -5.27. The molecule has 3 rings (SSSR count). The van der Waals surface area contributed by atoms with E-state index in [0.29, 0.717) is 0 Å². The fourth-order valence-corrected chi connectivity index (χ4v) is 3.80. The second-order valence-corrected chi connectivity index (χ2v) is 9.50. The molecule has 234 valence electrons. The number of nitrogens with zero attached hydrogens (tertiary/aromatic N) is 3. The van der Waals surface area contributed by atoms with E-state index < -0.39 is 97.9 Å². The number of rotatable bonds is 13. The number of amides is 3. The van der Waals surface area contributed by atoms with Gasteiger partial charge in [-0.25, -0.2) is 19.4 Å². The first kappa shape index (κ1) is 32.2. The van der Waals surface area contributed by atoms with Crippen molar-refractivity contribution in [2.75, 3.05) is 18.5 Å². The van der Waals surface area contributed by atoms with E-state index in [2.05, 4.69) is 25.6 Å². The highest BCUT2D eigenvalue weighted by Gasteiger charge is 2.41. The molecular weight excluding hydrogens is 582 g/mol. The fourth-order valence-electron chi connectivity index (χ4n) is 3.80. The third-order valence-electron chi connectivity index (χ3n) is 5.95. The van der Waals surface area contributed by atoms with Crippen LogP contribution in [-0.4, -0.2) is 102 Å². The number of ether oxygens (including phenoxy) is 3. The number of carboxylic acids is 3. The van der Waals surface area contributed by atoms with Crippen LogP contribution in [0.25, 0.3) is 11.2 Å². The van der Waals surface area contributed by atoms with E-state index in [9.17, 15) is 38.7 Å². The van der Waals surface area contributed by atoms with Gasteiger partial charge in [0.25, 0.3) is 5.56 Å². The molecule has 1 saturated heterocycles. The summed E-state index contributed by atoms with van der Waals surface area (Å²) in [6, 6.07) is -1.59. The molecule has 43 heavy (non-hydrogen) atoms. The predicted molar refractivity (Wildman–Crippen MR) is 139 cm³/mol. The molecule has 0 aromatic carbocycles. The lowest BCUT2D eigenvalue weighted by Gasteiger charge is -2.20. The number of aromatic amines is 1. The van der Waals surface area contributed by atoms with Crippen LogP contribution >= 0.6 is 0 Å². The number of hydrogen-bond acceptors (Lipinski definition) is 12. The summed E-state index contributed by atoms with van der Waals surface area (Å²) >= 11 is 0. The molecule has 3 heterocycles. The van der Waals surface area contributed by atoms with Gasteiger partial charge in [-0.1, -0.05) is 13.8 Å². The zero-order chi connectivity index (χ0) is 31.8. The highest BCUT2D eigenvalue weighted by atomic mass is 16.6. The van der Waals surface area contributed by atoms with E-state index in [1.165, 1.54) is 10.9 Å². The molecular formula is C23H29N7O13. The minimum absolute atomic E-state index is 0.0172. The third kappa shape index (κ3) is 8.86. The maximum atomic E-state index is 12.6. The molecule has 7 N–H and O–H groups in total. The van der Waals surface area contributed by atoms with Gasteiger partial charge in [0.2, 0.25) is 11.9 Å². The van der Waals surface area contributed by atoms with Crippen LogP contribution in [0.3, 0.4) is 0 Å². The molecule has 3 amide bonds. The number of fused-ring (bicyclic) bond motifs is 1. The van der Waals surface area contributed by atoms with Gasteiger partial charge in [0.15, 0.2) is 11.2 Å². The van der Waals surface area contributed by atoms with Crippen molar-refractivity contribution in [2.45, 2.75) is 57.6 Å². The number of hydrogen-bond donors (Lipinski definition) is 7. The zero-order valence-corrected chi connectivity index (χ0v) is 22.8. The summed E-state index contributed by atoms with van der Waals surface area (Å²) in [7, 11) is 0. The normalized spacial score (nSPS) is 18.5. The van der Waals surface area contributed by atoms with Crippen molar-refractivity contribution in [3.63, 3.8) is 0 Å². The lowest BCUT2D eigenvalue weighted by atomic mass is 10.1. The minimum Gasteiger partial charge on any atom is -0.481 e. The first-order valence-corrected chi connectivity index (χ1v) is 12.7. The Morgan fingerprint density at radius 2 is 1.86 bits per heavy atom. The van der Waals surface area contributed by atoms with Crippen molar-refractivity contribution < 1.29 is 58.3 Å². The van der Waals surface area contributed by atoms with Gasteiger partial charge in [0.05, 0.1) is 6.33 Å². The quantitative estimate of drug-likeness (QED) is 0.146. The van der Waals surface area contributed by atoms with Crippen LogP contribution in [0.4, 0.5) is 15.5 Å². The van der Waals surface area contributed by atoms with Crippen LogP contribution in [0.1, 0.15) is 39.3 Å². The lowest BCUT2D eigenvalue weighted by Crippen LogP contribution is -2.44. The molecule has 0 radical (unpaired) electrons. The Kier molecular flexibility index (Phi) is 10.6. The maximum Gasteiger partial charge on any atom is 0.408 e. The van der Waals surface area contributed by atoms with Gasteiger partial charge in [0, 0.05) is 18.8 Å². The number of imidazole rings is 1. The lowest BCUT2D eigenvalue weighted by molar-refractivity contribution is -0.141. The van der Waals surface area contributed by atoms with Crippen LogP contribution in [0.15, 0.2) is 11.1 Å². The number of carboxylic acid groups (broad SMARTS) is 3. The predicted octanol–water partition coefficient (Wildman–Crippen LogP) is -0.775. The molecule has 1 aliphatic heterocycles. The first-order chi connectivity index (χ1) is 20.2. The standard InChI is InChI=1S/C23H29N7O13/c1-9(2)18(35)28-21-27-17-16(19(36)29-21)25-8-30(17)13-5-11(12(42-13)7-41-22(39)24-6-15(33)34)43-23(40)26-10(20(37)38)3-4-14(31)32/h8-13H,3-7H2,1-2H3,(H,24,39)(H,26,40)(H,31,32)(H,33,34)(H,37,38)(H2,27,28,29,35,36)/t10?,11-,12+,13+/m0/s1. The van der Waals surface area contributed by atoms with Crippen molar-refractivity contribution in [1.29, 1.82) is 0 Å². The molecule has 1 unspecified atom stereocenters. The maximum absolute atomic E-state index is 12.6. The second kappa shape index (κ2) is 14.1. The van der Waals surface area contributed by atoms with Crippen molar-refractivity contribution in [3.05, 3.63) is 16.7 Å². The topological polar surface area (TPSA) is 290 Å². The summed E-state index contributed by atoms with van der Waals surface area (Å²) in [6.45, 7) is 1.97. The monoisotopic (exact) mass is 611 g/mol. The number of carbonyl (C=O) groups is 6. The highest BCUT2D eigenvalue weighted by molar-refractivity contribution is 5.91. The molecule has 2 aromatic rings. The average molecular weight is 612 g/mol. The van der Waals surface area contributed by atoms with Gasteiger partial charge in [-0.05, 0) is 6.42 Å². The summed E-state index contributed by atoms with van der Waals surface area (Å²) in [4.78, 5) is 92.7. The van der Waals surface area contributed by atoms with Crippen LogP contribution < -0.4 is 21.5 Å². The molecule has 0 saturated carbocycles. The number of alkyl carbamates (subject to hydrolysis) is 2. The van der Waals surface area contributed by atoms with Crippen LogP contribution in [0, 0.1) is 5.92 Å². The summed E-state index contributed by atoms with van der Waals surface area (Å²) in [5, 5.41) is 33.3. The molecule has 4 atom stereocenters. The van der Waals surface area contributed by atoms with Crippen LogP contribution in [0.2, 0.25) is 0 Å². The van der Waals surface area contributed by atoms with Gasteiger partial charge in [-0.15, -0.1) is 0 Å². The molecule has 0 spiro atoms. The molecule has 0 bridgehead atoms. The van der Waals surface area contributed by atoms with E-state index in [4.69, 9.17) is 24.4 Å². The van der Waals surface area contributed by atoms with Crippen LogP contribution in [0.5, 0.6) is 0 Å². The zero-order valence-electron chi connectivity index (χ0n) is 22.8. The fraction of sp³-hybridized carbons (Fsp3) is 0.522. The third-order valence-corrected chi connectivity index (χ3v) is 5.95. The van der Waals surface area contributed by atoms with Crippen molar-refractivity contribution >= 4 is 53.1 Å². The van der Waals surface area contributed by atoms with Gasteiger partial charge in [0.1, 0.15) is 37.6 Å². The molecule has 20 nitrogen and oxygen atoms in total. The van der Waals surface area contributed by atoms with Gasteiger partial charge >= 0.3 is 30.1 Å². The molecule has 0 aliphatic carbocycles. The van der Waals surface area contributed by atoms with E-state index in [1.807, 2.05) is 5.32 Å². The smallest absolute Gasteiger partial charge is 0.408 e. The molecule has 1 fully saturated rings. The summed E-state index contributed by atoms with van der Waals surface area (Å²) in [5.74, 6) is -5.13. The van der Waals surface area contributed by atoms with Crippen molar-refractivity contribution in [1.82, 2.24) is 30.2 Å². The largest absolute Gasteiger partial charge is 0.481 e. The van der Waals surface area contributed by atoms with Gasteiger partial charge in [-0.3, -0.25) is 34.0 Å². The number of aliphatic carboxylic acids is 3. The molecule has 2 aromatic heterocycles. The SMILES string of the molecule is CC(C)C(=O)Nc1nc2c(ncn2[C@H]2C[C@H](OC(=O)NC(CCC(=O)O)C(=O)O)[C@@H](COC(=O)NCC(=O)O)O2)c(=O)[nH]1. The Balaban J connectivity index is 1.82. The average Bonchev–Trinajstić information content (AvgIpc) is 3.52. The number of H-pyrrole nitrogens is 1. The number of anilines is 1. The molecule has 20 heteroatoms. The first-order valence-electron chi connectivity index (χ1n) is 12.7. The number of aromatic nitrogens is 4. The number of nitrogens with one attached hydrogen (secondary N) is 4. The molecule has 1 aliphatic rings. The highest BCUT2D eigenvalue weighted by Crippen LogP contribution is 2.33.